The molecular formula is C35H37NO5. The van der Waals surface area contributed by atoms with Gasteiger partial charge in [-0.1, -0.05) is 121 Å². The van der Waals surface area contributed by atoms with Crippen molar-refractivity contribution in [2.45, 2.75) is 62.5 Å². The van der Waals surface area contributed by atoms with Gasteiger partial charge in [0.05, 0.1) is 19.3 Å². The summed E-state index contributed by atoms with van der Waals surface area (Å²) in [5, 5.41) is 0. The van der Waals surface area contributed by atoms with Gasteiger partial charge in [-0.3, -0.25) is 0 Å². The topological polar surface area (TPSA) is 72.2 Å². The zero-order valence-corrected chi connectivity index (χ0v) is 23.5. The van der Waals surface area contributed by atoms with Crippen LogP contribution in [0.3, 0.4) is 0 Å². The Labute approximate surface area is 242 Å². The first kappa shape index (κ1) is 27.8. The van der Waals surface area contributed by atoms with Crippen molar-refractivity contribution in [1.29, 1.82) is 0 Å². The van der Waals surface area contributed by atoms with E-state index in [1.807, 2.05) is 98.8 Å². The molecule has 0 aromatic heterocycles. The summed E-state index contributed by atoms with van der Waals surface area (Å²) in [5.41, 5.74) is 10.1. The molecule has 4 aromatic rings. The second kappa shape index (κ2) is 11.9. The standard InChI is InChI=1S/C35H37NO5/c1-34(2)40-31-30(39-33(32(31)41-34)37-23-25-15-7-3-8-16-25)29(36)24-38-35(26-17-9-4-10-18-26,27-19-11-5-12-20-27)28-21-13-6-14-22-28/h3-22,29-33H,23-24,36H2,1-2H3/t29?,30-,31+,32+,33+/m1/s1. The monoisotopic (exact) mass is 551 g/mol. The summed E-state index contributed by atoms with van der Waals surface area (Å²) in [6, 6.07) is 40.3. The fourth-order valence-electron chi connectivity index (χ4n) is 5.91. The molecule has 2 N–H and O–H groups in total. The van der Waals surface area contributed by atoms with Crippen LogP contribution in [0.2, 0.25) is 0 Å². The molecule has 5 atom stereocenters. The van der Waals surface area contributed by atoms with Gasteiger partial charge in [0, 0.05) is 0 Å². The Kier molecular flexibility index (Phi) is 8.04. The molecule has 0 radical (unpaired) electrons. The maximum Gasteiger partial charge on any atom is 0.187 e. The third-order valence-electron chi connectivity index (χ3n) is 7.76. The van der Waals surface area contributed by atoms with Crippen LogP contribution >= 0.6 is 0 Å². The van der Waals surface area contributed by atoms with Crippen molar-refractivity contribution in [3.05, 3.63) is 144 Å². The Morgan fingerprint density at radius 1 is 0.707 bits per heavy atom. The lowest BCUT2D eigenvalue weighted by Gasteiger charge is -2.37. The smallest absolute Gasteiger partial charge is 0.187 e. The van der Waals surface area contributed by atoms with Crippen molar-refractivity contribution < 1.29 is 23.7 Å². The van der Waals surface area contributed by atoms with Crippen molar-refractivity contribution in [1.82, 2.24) is 0 Å². The summed E-state index contributed by atoms with van der Waals surface area (Å²) >= 11 is 0. The molecule has 2 heterocycles. The van der Waals surface area contributed by atoms with Crippen molar-refractivity contribution in [2.75, 3.05) is 6.61 Å². The highest BCUT2D eigenvalue weighted by molar-refractivity contribution is 5.47. The SMILES string of the molecule is CC1(C)O[C@@H]2[C@@H](OCc3ccccc3)O[C@H](C(N)COC(c3ccccc3)(c3ccccc3)c3ccccc3)[C@@H]2O1. The molecule has 41 heavy (non-hydrogen) atoms. The Morgan fingerprint density at radius 3 is 1.68 bits per heavy atom. The van der Waals surface area contributed by atoms with E-state index in [0.29, 0.717) is 6.61 Å². The van der Waals surface area contributed by atoms with E-state index in [2.05, 4.69) is 36.4 Å². The fraction of sp³-hybridized carbons (Fsp3) is 0.314. The summed E-state index contributed by atoms with van der Waals surface area (Å²) in [5.74, 6) is -0.770. The van der Waals surface area contributed by atoms with E-state index in [0.717, 1.165) is 22.3 Å². The molecule has 6 heteroatoms. The molecule has 0 saturated carbocycles. The average molecular weight is 552 g/mol. The van der Waals surface area contributed by atoms with Gasteiger partial charge >= 0.3 is 0 Å². The van der Waals surface area contributed by atoms with Crippen LogP contribution in [0.4, 0.5) is 0 Å². The lowest BCUT2D eigenvalue weighted by atomic mass is 9.80. The molecule has 0 amide bonds. The zero-order chi connectivity index (χ0) is 28.3. The zero-order valence-electron chi connectivity index (χ0n) is 23.5. The molecule has 0 aliphatic carbocycles. The average Bonchev–Trinajstić information content (AvgIpc) is 3.51. The summed E-state index contributed by atoms with van der Waals surface area (Å²) in [6.07, 6.45) is -1.88. The van der Waals surface area contributed by atoms with Gasteiger partial charge in [0.15, 0.2) is 12.1 Å². The largest absolute Gasteiger partial charge is 0.359 e. The highest BCUT2D eigenvalue weighted by Gasteiger charge is 2.57. The van der Waals surface area contributed by atoms with Crippen molar-refractivity contribution in [3.63, 3.8) is 0 Å². The van der Waals surface area contributed by atoms with E-state index in [1.54, 1.807) is 0 Å². The lowest BCUT2D eigenvalue weighted by Crippen LogP contribution is -2.48. The van der Waals surface area contributed by atoms with Crippen LogP contribution in [0.15, 0.2) is 121 Å². The van der Waals surface area contributed by atoms with Gasteiger partial charge in [0.1, 0.15) is 23.9 Å². The van der Waals surface area contributed by atoms with Crippen molar-refractivity contribution in [2.24, 2.45) is 5.73 Å². The van der Waals surface area contributed by atoms with E-state index in [9.17, 15) is 0 Å². The van der Waals surface area contributed by atoms with Crippen LogP contribution in [-0.4, -0.2) is 43.0 Å². The Bertz CT molecular complexity index is 1290. The second-order valence-electron chi connectivity index (χ2n) is 11.1. The van der Waals surface area contributed by atoms with Gasteiger partial charge in [-0.2, -0.15) is 0 Å². The maximum absolute atomic E-state index is 6.98. The van der Waals surface area contributed by atoms with E-state index < -0.39 is 35.9 Å². The number of rotatable bonds is 10. The minimum atomic E-state index is -0.880. The lowest BCUT2D eigenvalue weighted by molar-refractivity contribution is -0.239. The van der Waals surface area contributed by atoms with Crippen LogP contribution in [0.25, 0.3) is 0 Å². The second-order valence-corrected chi connectivity index (χ2v) is 11.1. The molecule has 2 aliphatic heterocycles. The van der Waals surface area contributed by atoms with Gasteiger partial charge in [-0.25, -0.2) is 0 Å². The number of ether oxygens (including phenoxy) is 5. The normalized spacial score (nSPS) is 24.2. The minimum Gasteiger partial charge on any atom is -0.359 e. The Hall–Kier alpha value is -3.36. The van der Waals surface area contributed by atoms with Gasteiger partial charge in [0.25, 0.3) is 0 Å². The molecule has 2 aliphatic rings. The molecule has 2 fully saturated rings. The van der Waals surface area contributed by atoms with Crippen LogP contribution in [-0.2, 0) is 35.9 Å². The highest BCUT2D eigenvalue weighted by atomic mass is 16.8. The number of hydrogen-bond acceptors (Lipinski definition) is 6. The van der Waals surface area contributed by atoms with Crippen LogP contribution in [0, 0.1) is 0 Å². The van der Waals surface area contributed by atoms with E-state index in [4.69, 9.17) is 29.4 Å². The molecule has 2 saturated heterocycles. The predicted molar refractivity (Wildman–Crippen MR) is 157 cm³/mol. The summed E-state index contributed by atoms with van der Waals surface area (Å²) < 4.78 is 32.2. The third-order valence-corrected chi connectivity index (χ3v) is 7.76. The predicted octanol–water partition coefficient (Wildman–Crippen LogP) is 5.78. The molecule has 0 bridgehead atoms. The number of hydrogen-bond donors (Lipinski definition) is 1. The summed E-state index contributed by atoms with van der Waals surface area (Å²) in [6.45, 7) is 4.42. The third kappa shape index (κ3) is 5.72. The van der Waals surface area contributed by atoms with Gasteiger partial charge < -0.3 is 29.4 Å². The van der Waals surface area contributed by atoms with E-state index >= 15 is 0 Å². The van der Waals surface area contributed by atoms with Gasteiger partial charge in [-0.05, 0) is 36.1 Å². The fourth-order valence-corrected chi connectivity index (χ4v) is 5.91. The molecule has 4 aromatic carbocycles. The number of benzene rings is 4. The molecule has 6 rings (SSSR count). The molecule has 1 unspecified atom stereocenters. The van der Waals surface area contributed by atoms with Gasteiger partial charge in [0.2, 0.25) is 0 Å². The number of fused-ring (bicyclic) bond motifs is 1. The van der Waals surface area contributed by atoms with Crippen molar-refractivity contribution in [3.8, 4) is 0 Å². The highest BCUT2D eigenvalue weighted by Crippen LogP contribution is 2.43. The van der Waals surface area contributed by atoms with E-state index in [1.165, 1.54) is 0 Å². The molecule has 0 spiro atoms. The molecule has 212 valence electrons. The first-order chi connectivity index (χ1) is 20.0. The van der Waals surface area contributed by atoms with Crippen LogP contribution < -0.4 is 5.73 Å². The first-order valence-corrected chi connectivity index (χ1v) is 14.2. The van der Waals surface area contributed by atoms with Crippen LogP contribution in [0.5, 0.6) is 0 Å². The minimum absolute atomic E-state index is 0.210. The quantitative estimate of drug-likeness (QED) is 0.252. The van der Waals surface area contributed by atoms with E-state index in [-0.39, 0.29) is 12.7 Å². The summed E-state index contributed by atoms with van der Waals surface area (Å²) in [7, 11) is 0. The first-order valence-electron chi connectivity index (χ1n) is 14.2. The van der Waals surface area contributed by atoms with Gasteiger partial charge in [-0.15, -0.1) is 0 Å². The number of nitrogens with two attached hydrogens (primary N) is 1. The van der Waals surface area contributed by atoms with Crippen molar-refractivity contribution >= 4 is 0 Å². The summed E-state index contributed by atoms with van der Waals surface area (Å²) in [4.78, 5) is 0. The van der Waals surface area contributed by atoms with Crippen LogP contribution in [0.1, 0.15) is 36.1 Å². The Morgan fingerprint density at radius 2 is 1.17 bits per heavy atom. The maximum atomic E-state index is 6.98. The molecular weight excluding hydrogens is 514 g/mol. The Balaban J connectivity index is 1.28. The molecule has 6 nitrogen and oxygen atoms in total.